The smallest absolute Gasteiger partial charge is 0.0801 e. The van der Waals surface area contributed by atoms with E-state index in [0.29, 0.717) is 25.7 Å². The van der Waals surface area contributed by atoms with Gasteiger partial charge in [-0.1, -0.05) is 0 Å². The molecule has 0 spiro atoms. The first-order valence-corrected chi connectivity index (χ1v) is 5.07. The van der Waals surface area contributed by atoms with Gasteiger partial charge in [-0.2, -0.15) is 0 Å². The zero-order chi connectivity index (χ0) is 9.68. The highest BCUT2D eigenvalue weighted by atomic mass is 16.5. The highest BCUT2D eigenvalue weighted by Crippen LogP contribution is 2.32. The molecular formula is C10H20O3. The lowest BCUT2D eigenvalue weighted by atomic mass is 10.2. The van der Waals surface area contributed by atoms with Gasteiger partial charge in [0.2, 0.25) is 0 Å². The maximum Gasteiger partial charge on any atom is 0.0801 e. The molecule has 3 nitrogen and oxygen atoms in total. The minimum absolute atomic E-state index is 0.251. The zero-order valence-electron chi connectivity index (χ0n) is 8.53. The first-order valence-electron chi connectivity index (χ1n) is 5.07. The molecule has 0 aromatic rings. The predicted octanol–water partition coefficient (Wildman–Crippen LogP) is 1.20. The van der Waals surface area contributed by atoms with Crippen molar-refractivity contribution < 1.29 is 14.6 Å². The molecule has 1 aliphatic carbocycles. The van der Waals surface area contributed by atoms with E-state index in [-0.39, 0.29) is 12.2 Å². The van der Waals surface area contributed by atoms with Gasteiger partial charge in [0, 0.05) is 0 Å². The molecule has 1 aliphatic rings. The third-order valence-electron chi connectivity index (χ3n) is 2.13. The van der Waals surface area contributed by atoms with Gasteiger partial charge in [0.1, 0.15) is 0 Å². The van der Waals surface area contributed by atoms with Crippen LogP contribution in [0.3, 0.4) is 0 Å². The molecule has 0 bridgehead atoms. The molecule has 1 atom stereocenters. The Morgan fingerprint density at radius 3 is 2.54 bits per heavy atom. The van der Waals surface area contributed by atoms with Crippen molar-refractivity contribution in [2.75, 3.05) is 19.8 Å². The first-order chi connectivity index (χ1) is 6.20. The summed E-state index contributed by atoms with van der Waals surface area (Å²) in [6.45, 7) is 5.67. The van der Waals surface area contributed by atoms with E-state index in [1.807, 2.05) is 13.8 Å². The fourth-order valence-corrected chi connectivity index (χ4v) is 1.16. The van der Waals surface area contributed by atoms with Crippen LogP contribution in [-0.4, -0.2) is 37.1 Å². The Bertz CT molecular complexity index is 132. The van der Waals surface area contributed by atoms with Crippen LogP contribution in [0.2, 0.25) is 0 Å². The molecule has 13 heavy (non-hydrogen) atoms. The third-order valence-corrected chi connectivity index (χ3v) is 2.13. The topological polar surface area (TPSA) is 38.7 Å². The second kappa shape index (κ2) is 5.58. The predicted molar refractivity (Wildman–Crippen MR) is 50.6 cm³/mol. The molecule has 0 aromatic carbocycles. The molecule has 0 heterocycles. The Hall–Kier alpha value is -0.120. The molecule has 1 saturated carbocycles. The van der Waals surface area contributed by atoms with E-state index in [2.05, 4.69) is 0 Å². The Kier molecular flexibility index (Phi) is 4.70. The van der Waals surface area contributed by atoms with Crippen molar-refractivity contribution in [1.82, 2.24) is 0 Å². The minimum atomic E-state index is -0.251. The van der Waals surface area contributed by atoms with Crippen LogP contribution in [0.1, 0.15) is 26.7 Å². The lowest BCUT2D eigenvalue weighted by Crippen LogP contribution is -2.19. The Labute approximate surface area is 80.0 Å². The number of rotatable bonds is 7. The van der Waals surface area contributed by atoms with Crippen LogP contribution in [0.25, 0.3) is 0 Å². The van der Waals surface area contributed by atoms with E-state index in [0.717, 1.165) is 12.8 Å². The van der Waals surface area contributed by atoms with E-state index >= 15 is 0 Å². The van der Waals surface area contributed by atoms with Gasteiger partial charge in [-0.15, -0.1) is 0 Å². The van der Waals surface area contributed by atoms with Gasteiger partial charge in [0.25, 0.3) is 0 Å². The molecule has 1 N–H and O–H groups in total. The Morgan fingerprint density at radius 1 is 1.31 bits per heavy atom. The van der Waals surface area contributed by atoms with E-state index < -0.39 is 0 Å². The minimum Gasteiger partial charge on any atom is -0.390 e. The quantitative estimate of drug-likeness (QED) is 0.610. The summed E-state index contributed by atoms with van der Waals surface area (Å²) in [7, 11) is 0. The molecule has 0 aliphatic heterocycles. The van der Waals surface area contributed by atoms with Crippen molar-refractivity contribution in [3.05, 3.63) is 0 Å². The van der Waals surface area contributed by atoms with E-state index in [1.165, 1.54) is 0 Å². The summed E-state index contributed by atoms with van der Waals surface area (Å²) in [6, 6.07) is 0. The van der Waals surface area contributed by atoms with E-state index in [4.69, 9.17) is 9.47 Å². The van der Waals surface area contributed by atoms with Crippen molar-refractivity contribution in [2.24, 2.45) is 5.92 Å². The lowest BCUT2D eigenvalue weighted by Gasteiger charge is -2.11. The molecule has 0 saturated heterocycles. The number of hydrogen-bond donors (Lipinski definition) is 1. The van der Waals surface area contributed by atoms with E-state index in [9.17, 15) is 5.11 Å². The molecular weight excluding hydrogens is 168 g/mol. The summed E-state index contributed by atoms with van der Waals surface area (Å²) in [4.78, 5) is 0. The largest absolute Gasteiger partial charge is 0.390 e. The van der Waals surface area contributed by atoms with Crippen LogP contribution in [-0.2, 0) is 9.47 Å². The molecule has 78 valence electrons. The maximum atomic E-state index is 9.43. The van der Waals surface area contributed by atoms with Crippen LogP contribution in [0.4, 0.5) is 0 Å². The normalized spacial score (nSPS) is 19.4. The van der Waals surface area contributed by atoms with Crippen LogP contribution in [0, 0.1) is 5.92 Å². The monoisotopic (exact) mass is 188 g/mol. The summed E-state index contributed by atoms with van der Waals surface area (Å²) in [6.07, 6.45) is 2.33. The van der Waals surface area contributed by atoms with Gasteiger partial charge < -0.3 is 14.6 Å². The summed E-state index contributed by atoms with van der Waals surface area (Å²) in [5.41, 5.74) is 0. The fourth-order valence-electron chi connectivity index (χ4n) is 1.16. The van der Waals surface area contributed by atoms with Gasteiger partial charge in [-0.3, -0.25) is 0 Å². The summed E-state index contributed by atoms with van der Waals surface area (Å²) in [5.74, 6) is 0.506. The van der Waals surface area contributed by atoms with Crippen LogP contribution in [0.5, 0.6) is 0 Å². The number of ether oxygens (including phenoxy) is 2. The van der Waals surface area contributed by atoms with E-state index in [1.54, 1.807) is 0 Å². The molecule has 1 fully saturated rings. The van der Waals surface area contributed by atoms with Crippen molar-refractivity contribution in [1.29, 1.82) is 0 Å². The number of aliphatic hydroxyl groups is 1. The van der Waals surface area contributed by atoms with Crippen LogP contribution in [0.15, 0.2) is 0 Å². The van der Waals surface area contributed by atoms with Gasteiger partial charge in [-0.25, -0.2) is 0 Å². The standard InChI is InChI=1S/C10H20O3/c1-8(2)13-6-5-12-7-10(11)9-3-4-9/h8-11H,3-7H2,1-2H3. The number of aliphatic hydroxyl groups excluding tert-OH is 1. The molecule has 1 unspecified atom stereocenters. The van der Waals surface area contributed by atoms with Crippen LogP contribution >= 0.6 is 0 Å². The third kappa shape index (κ3) is 5.24. The second-order valence-corrected chi connectivity index (χ2v) is 3.90. The maximum absolute atomic E-state index is 9.43. The average molecular weight is 188 g/mol. The first kappa shape index (κ1) is 11.0. The molecule has 0 amide bonds. The molecule has 1 rings (SSSR count). The zero-order valence-corrected chi connectivity index (χ0v) is 8.53. The van der Waals surface area contributed by atoms with Crippen molar-refractivity contribution in [3.63, 3.8) is 0 Å². The Morgan fingerprint density at radius 2 is 2.00 bits per heavy atom. The van der Waals surface area contributed by atoms with Gasteiger partial charge in [-0.05, 0) is 32.6 Å². The van der Waals surface area contributed by atoms with Crippen molar-refractivity contribution in [3.8, 4) is 0 Å². The number of hydrogen-bond acceptors (Lipinski definition) is 3. The fraction of sp³-hybridized carbons (Fsp3) is 1.00. The Balaban J connectivity index is 1.83. The molecule has 0 aromatic heterocycles. The van der Waals surface area contributed by atoms with Crippen molar-refractivity contribution >= 4 is 0 Å². The summed E-state index contributed by atoms with van der Waals surface area (Å²) < 4.78 is 10.6. The highest BCUT2D eigenvalue weighted by molar-refractivity contribution is 4.80. The van der Waals surface area contributed by atoms with Crippen LogP contribution < -0.4 is 0 Å². The summed E-state index contributed by atoms with van der Waals surface area (Å²) >= 11 is 0. The SMILES string of the molecule is CC(C)OCCOCC(O)C1CC1. The lowest BCUT2D eigenvalue weighted by molar-refractivity contribution is -0.0156. The summed E-state index contributed by atoms with van der Waals surface area (Å²) in [5, 5.41) is 9.43. The van der Waals surface area contributed by atoms with Gasteiger partial charge in [0.05, 0.1) is 32.0 Å². The highest BCUT2D eigenvalue weighted by Gasteiger charge is 2.29. The molecule has 3 heteroatoms. The average Bonchev–Trinajstić information content (AvgIpc) is 2.85. The van der Waals surface area contributed by atoms with Gasteiger partial charge in [0.15, 0.2) is 0 Å². The van der Waals surface area contributed by atoms with Crippen molar-refractivity contribution in [2.45, 2.75) is 38.9 Å². The van der Waals surface area contributed by atoms with Gasteiger partial charge >= 0.3 is 0 Å². The molecule has 0 radical (unpaired) electrons. The second-order valence-electron chi connectivity index (χ2n) is 3.90.